The molecule has 2 aliphatic heterocycles. The van der Waals surface area contributed by atoms with Crippen molar-refractivity contribution in [1.29, 1.82) is 0 Å². The quantitative estimate of drug-likeness (QED) is 0.437. The number of ether oxygens (including phenoxy) is 1. The van der Waals surface area contributed by atoms with Crippen LogP contribution in [0.3, 0.4) is 0 Å². The Morgan fingerprint density at radius 1 is 1.16 bits per heavy atom. The number of hydrogen-bond donors (Lipinski definition) is 1. The molecule has 1 saturated heterocycles. The van der Waals surface area contributed by atoms with E-state index in [0.717, 1.165) is 29.8 Å². The summed E-state index contributed by atoms with van der Waals surface area (Å²) in [4.78, 5) is 15.3. The van der Waals surface area contributed by atoms with Crippen LogP contribution in [0.2, 0.25) is 0 Å². The van der Waals surface area contributed by atoms with Gasteiger partial charge < -0.3 is 19.5 Å². The predicted molar refractivity (Wildman–Crippen MR) is 139 cm³/mol. The van der Waals surface area contributed by atoms with Crippen LogP contribution >= 0.6 is 0 Å². The second-order valence-corrected chi connectivity index (χ2v) is 11.3. The number of hydrogen-bond acceptors (Lipinski definition) is 5. The number of halogens is 2. The molecule has 1 N–H and O–H groups in total. The fourth-order valence-electron chi connectivity index (χ4n) is 6.11. The van der Waals surface area contributed by atoms with Crippen molar-refractivity contribution in [2.45, 2.75) is 63.6 Å². The molecule has 1 saturated carbocycles. The number of benzene rings is 2. The van der Waals surface area contributed by atoms with E-state index in [0.29, 0.717) is 30.0 Å². The highest BCUT2D eigenvalue weighted by molar-refractivity contribution is 6.10. The van der Waals surface area contributed by atoms with Gasteiger partial charge in [-0.1, -0.05) is 12.1 Å². The van der Waals surface area contributed by atoms with Crippen LogP contribution in [0.15, 0.2) is 42.7 Å². The van der Waals surface area contributed by atoms with Crippen molar-refractivity contribution < 1.29 is 18.3 Å². The number of alkyl halides is 2. The maximum Gasteiger partial charge on any atom is 0.264 e. The largest absolute Gasteiger partial charge is 0.381 e. The Kier molecular flexibility index (Phi) is 6.31. The fraction of sp³-hybridized carbons (Fsp3) is 0.483. The second kappa shape index (κ2) is 9.54. The summed E-state index contributed by atoms with van der Waals surface area (Å²) in [7, 11) is 1.91. The highest BCUT2D eigenvalue weighted by Gasteiger charge is 2.38. The molecule has 38 heavy (non-hydrogen) atoms. The van der Waals surface area contributed by atoms with Crippen LogP contribution in [0.25, 0.3) is 0 Å². The molecule has 2 aromatic carbocycles. The van der Waals surface area contributed by atoms with Gasteiger partial charge in [-0.25, -0.2) is 8.78 Å². The Labute approximate surface area is 221 Å². The fourth-order valence-corrected chi connectivity index (χ4v) is 6.11. The van der Waals surface area contributed by atoms with E-state index in [2.05, 4.69) is 22.4 Å². The van der Waals surface area contributed by atoms with Gasteiger partial charge >= 0.3 is 0 Å². The van der Waals surface area contributed by atoms with Crippen LogP contribution in [0.4, 0.5) is 14.5 Å². The number of carbonyl (C=O) groups excluding carboxylic acids is 1. The van der Waals surface area contributed by atoms with Crippen LogP contribution in [0, 0.1) is 5.92 Å². The van der Waals surface area contributed by atoms with Crippen LogP contribution in [-0.4, -0.2) is 39.4 Å². The summed E-state index contributed by atoms with van der Waals surface area (Å²) in [5.74, 6) is 0.793. The molecular weight excluding hydrogens is 488 g/mol. The smallest absolute Gasteiger partial charge is 0.264 e. The molecule has 0 spiro atoms. The van der Waals surface area contributed by atoms with Gasteiger partial charge in [0.2, 0.25) is 0 Å². The molecule has 1 aliphatic carbocycles. The number of anilines is 1. The van der Waals surface area contributed by atoms with Crippen molar-refractivity contribution in [3.05, 3.63) is 76.4 Å². The van der Waals surface area contributed by atoms with Gasteiger partial charge in [0, 0.05) is 41.4 Å². The first-order valence-electron chi connectivity index (χ1n) is 13.3. The molecule has 2 atom stereocenters. The number of fused-ring (bicyclic) bond motifs is 1. The van der Waals surface area contributed by atoms with Crippen molar-refractivity contribution in [2.75, 3.05) is 18.1 Å². The van der Waals surface area contributed by atoms with Crippen molar-refractivity contribution in [2.24, 2.45) is 13.0 Å². The third-order valence-corrected chi connectivity index (χ3v) is 8.56. The summed E-state index contributed by atoms with van der Waals surface area (Å²) >= 11 is 0. The molecular formula is C29H33F2N5O2. The Morgan fingerprint density at radius 2 is 1.95 bits per heavy atom. The molecule has 9 heteroatoms. The average molecular weight is 522 g/mol. The zero-order chi connectivity index (χ0) is 26.6. The maximum absolute atomic E-state index is 14.3. The van der Waals surface area contributed by atoms with Crippen molar-refractivity contribution in [3.63, 3.8) is 0 Å². The van der Waals surface area contributed by atoms with Gasteiger partial charge in [0.15, 0.2) is 0 Å². The first-order chi connectivity index (χ1) is 18.2. The van der Waals surface area contributed by atoms with Gasteiger partial charge in [0.25, 0.3) is 12.3 Å². The molecule has 3 heterocycles. The summed E-state index contributed by atoms with van der Waals surface area (Å²) in [6.45, 7) is 5.53. The minimum absolute atomic E-state index is 0.0185. The van der Waals surface area contributed by atoms with E-state index in [1.165, 1.54) is 6.42 Å². The van der Waals surface area contributed by atoms with Gasteiger partial charge in [-0.05, 0) is 74.1 Å². The van der Waals surface area contributed by atoms with Crippen molar-refractivity contribution in [1.82, 2.24) is 20.1 Å². The molecule has 200 valence electrons. The van der Waals surface area contributed by atoms with Crippen LogP contribution in [0.5, 0.6) is 0 Å². The number of aromatic nitrogens is 3. The molecule has 0 bridgehead atoms. The van der Waals surface area contributed by atoms with E-state index >= 15 is 0 Å². The predicted octanol–water partition coefficient (Wildman–Crippen LogP) is 5.28. The third-order valence-electron chi connectivity index (χ3n) is 8.56. The number of nitrogens with one attached hydrogen (secondary N) is 1. The highest BCUT2D eigenvalue weighted by atomic mass is 19.3. The van der Waals surface area contributed by atoms with Gasteiger partial charge in [0.05, 0.1) is 25.7 Å². The van der Waals surface area contributed by atoms with Gasteiger partial charge in [-0.3, -0.25) is 4.79 Å². The summed E-state index contributed by atoms with van der Waals surface area (Å²) in [6, 6.07) is 11.0. The van der Waals surface area contributed by atoms with E-state index in [4.69, 9.17) is 4.74 Å². The van der Waals surface area contributed by atoms with Crippen LogP contribution in [-0.2, 0) is 18.3 Å². The van der Waals surface area contributed by atoms with E-state index < -0.39 is 6.43 Å². The summed E-state index contributed by atoms with van der Waals surface area (Å²) in [5, 5.41) is 12.0. The lowest BCUT2D eigenvalue weighted by molar-refractivity contribution is -0.0407. The Bertz CT molecular complexity index is 1360. The molecule has 3 aliphatic rings. The SMILES string of the molecule is C[C@@H](NC1(C)CCC1)c1cc2c(c(C(F)F)c1)CN(c1cccc([C@H](c3nncn3C)C3COC3)c1)C2=O. The maximum atomic E-state index is 14.3. The Hall–Kier alpha value is -3.17. The topological polar surface area (TPSA) is 72.3 Å². The summed E-state index contributed by atoms with van der Waals surface area (Å²) in [6.07, 6.45) is 2.32. The lowest BCUT2D eigenvalue weighted by Crippen LogP contribution is -2.49. The normalized spacial score (nSPS) is 20.3. The minimum Gasteiger partial charge on any atom is -0.381 e. The highest BCUT2D eigenvalue weighted by Crippen LogP contribution is 2.41. The summed E-state index contributed by atoms with van der Waals surface area (Å²) in [5.41, 5.74) is 3.16. The first kappa shape index (κ1) is 25.1. The summed E-state index contributed by atoms with van der Waals surface area (Å²) < 4.78 is 35.9. The molecule has 1 aromatic heterocycles. The lowest BCUT2D eigenvalue weighted by Gasteiger charge is -2.42. The molecule has 7 nitrogen and oxygen atoms in total. The average Bonchev–Trinajstić information content (AvgIpc) is 3.42. The molecule has 3 aromatic rings. The van der Waals surface area contributed by atoms with Crippen molar-refractivity contribution in [3.8, 4) is 0 Å². The molecule has 2 fully saturated rings. The second-order valence-electron chi connectivity index (χ2n) is 11.3. The molecule has 0 radical (unpaired) electrons. The number of rotatable bonds is 8. The van der Waals surface area contributed by atoms with Gasteiger partial charge in [-0.2, -0.15) is 0 Å². The van der Waals surface area contributed by atoms with E-state index in [1.54, 1.807) is 23.4 Å². The van der Waals surface area contributed by atoms with E-state index in [1.807, 2.05) is 42.8 Å². The van der Waals surface area contributed by atoms with Gasteiger partial charge in [0.1, 0.15) is 12.2 Å². The number of amides is 1. The number of carbonyl (C=O) groups is 1. The van der Waals surface area contributed by atoms with Crippen LogP contribution in [0.1, 0.15) is 89.9 Å². The molecule has 6 rings (SSSR count). The molecule has 0 unspecified atom stereocenters. The van der Waals surface area contributed by atoms with Gasteiger partial charge in [-0.15, -0.1) is 10.2 Å². The zero-order valence-electron chi connectivity index (χ0n) is 22.0. The minimum atomic E-state index is -2.66. The third kappa shape index (κ3) is 4.31. The van der Waals surface area contributed by atoms with Crippen molar-refractivity contribution >= 4 is 11.6 Å². The van der Waals surface area contributed by atoms with Crippen LogP contribution < -0.4 is 10.2 Å². The standard InChI is InChI=1S/C29H33F2N5O2/c1-17(33-29(2)8-5-9-29)19-11-22(26(30)31)24-13-36(28(37)23(24)12-19)21-7-4-6-18(10-21)25(20-14-38-15-20)27-34-32-16-35(27)3/h4,6-7,10-12,16-17,20,25-26,33H,5,8-9,13-15H2,1-3H3/t17-,25+/m1/s1. The lowest BCUT2D eigenvalue weighted by atomic mass is 9.77. The van der Waals surface area contributed by atoms with E-state index in [9.17, 15) is 13.6 Å². The number of nitrogens with zero attached hydrogens (tertiary/aromatic N) is 4. The number of aryl methyl sites for hydroxylation is 1. The Morgan fingerprint density at radius 3 is 2.55 bits per heavy atom. The zero-order valence-corrected chi connectivity index (χ0v) is 22.0. The Balaban J connectivity index is 1.33. The van der Waals surface area contributed by atoms with E-state index in [-0.39, 0.29) is 41.4 Å². The monoisotopic (exact) mass is 521 g/mol. The first-order valence-corrected chi connectivity index (χ1v) is 13.3. The molecule has 1 amide bonds.